The first-order chi connectivity index (χ1) is 16.3. The molecule has 2 bridgehead atoms. The van der Waals surface area contributed by atoms with Crippen molar-refractivity contribution in [1.82, 2.24) is 4.98 Å². The molecule has 0 saturated heterocycles. The minimum absolute atomic E-state index is 0.0625. The van der Waals surface area contributed by atoms with E-state index in [1.165, 1.54) is 12.2 Å². The first kappa shape index (κ1) is 29.2. The molecule has 0 fully saturated rings. The highest BCUT2D eigenvalue weighted by molar-refractivity contribution is 7.09. The van der Waals surface area contributed by atoms with E-state index in [1.807, 2.05) is 31.4 Å². The number of ether oxygens (including phenoxy) is 2. The maximum absolute atomic E-state index is 12.6. The molecule has 1 aromatic rings. The molecule has 0 spiro atoms. The fourth-order valence-corrected chi connectivity index (χ4v) is 5.29. The smallest absolute Gasteiger partial charge is 0.331 e. The van der Waals surface area contributed by atoms with Crippen LogP contribution in [0.2, 0.25) is 18.1 Å². The monoisotopic (exact) mass is 519 g/mol. The minimum atomic E-state index is -2.00. The van der Waals surface area contributed by atoms with Crippen LogP contribution in [0, 0.1) is 0 Å². The Morgan fingerprint density at radius 1 is 1.11 bits per heavy atom. The summed E-state index contributed by atoms with van der Waals surface area (Å²) >= 11 is 1.56. The van der Waals surface area contributed by atoms with Crippen LogP contribution in [0.15, 0.2) is 41.3 Å². The van der Waals surface area contributed by atoms with E-state index < -0.39 is 20.4 Å². The minimum Gasteiger partial charge on any atom is -0.459 e. The number of aromatic nitrogens is 1. The number of allylic oxidation sites excluding steroid dienone is 3. The van der Waals surface area contributed by atoms with Crippen LogP contribution in [0.4, 0.5) is 0 Å². The molecule has 0 aliphatic carbocycles. The first-order valence-corrected chi connectivity index (χ1v) is 16.1. The second-order valence-electron chi connectivity index (χ2n) is 10.9. The molecule has 35 heavy (non-hydrogen) atoms. The highest BCUT2D eigenvalue weighted by Gasteiger charge is 2.38. The molecule has 1 aromatic heterocycles. The normalized spacial score (nSPS) is 26.9. The Hall–Kier alpha value is -2.03. The number of hydrogen-bond acceptors (Lipinski definition) is 7. The largest absolute Gasteiger partial charge is 0.459 e. The third-order valence-electron chi connectivity index (χ3n) is 6.48. The highest BCUT2D eigenvalue weighted by atomic mass is 32.1. The van der Waals surface area contributed by atoms with E-state index >= 15 is 0 Å². The summed E-state index contributed by atoms with van der Waals surface area (Å²) in [6.07, 6.45) is 9.36. The first-order valence-electron chi connectivity index (χ1n) is 12.3. The van der Waals surface area contributed by atoms with Crippen LogP contribution < -0.4 is 0 Å². The summed E-state index contributed by atoms with van der Waals surface area (Å²) in [5, 5.41) is 3.00. The molecule has 0 aromatic carbocycles. The zero-order valence-electron chi connectivity index (χ0n) is 22.4. The van der Waals surface area contributed by atoms with Gasteiger partial charge in [0, 0.05) is 36.3 Å². The number of nitrogens with zero attached hydrogens (tertiary/aromatic N) is 1. The number of carbonyl (C=O) groups is 2. The lowest BCUT2D eigenvalue weighted by atomic mass is 10.0. The highest BCUT2D eigenvalue weighted by Crippen LogP contribution is 2.36. The fourth-order valence-electron chi connectivity index (χ4n) is 3.28. The van der Waals surface area contributed by atoms with E-state index in [1.54, 1.807) is 17.4 Å². The standard InChI is InChI=1S/C27H41NO5SSi/c1-19-11-9-13-26(30)33-22(17-31-35(7,8)27(4,5)6)16-24-28-23(18-34-24)20(2)12-10-14-25(29)32-21(3)15-19/h9-11,13-14,18,20-22H,12,15-17H2,1-8H3/b13-9-,14-10+,19-11+/t20-,21-,22?/m0/s1. The second kappa shape index (κ2) is 12.8. The second-order valence-corrected chi connectivity index (χ2v) is 16.6. The van der Waals surface area contributed by atoms with Gasteiger partial charge in [-0.2, -0.15) is 0 Å². The summed E-state index contributed by atoms with van der Waals surface area (Å²) in [6, 6.07) is 0. The zero-order chi connectivity index (χ0) is 26.2. The topological polar surface area (TPSA) is 74.7 Å². The van der Waals surface area contributed by atoms with Crippen molar-refractivity contribution in [2.24, 2.45) is 0 Å². The lowest BCUT2D eigenvalue weighted by Gasteiger charge is -2.37. The van der Waals surface area contributed by atoms with Crippen molar-refractivity contribution in [2.45, 2.75) is 97.1 Å². The summed E-state index contributed by atoms with van der Waals surface area (Å²) in [6.45, 7) is 17.2. The number of thiazole rings is 1. The van der Waals surface area contributed by atoms with Gasteiger partial charge >= 0.3 is 11.9 Å². The van der Waals surface area contributed by atoms with Crippen LogP contribution in [0.3, 0.4) is 0 Å². The van der Waals surface area contributed by atoms with Crippen molar-refractivity contribution >= 4 is 31.6 Å². The number of carbonyl (C=O) groups excluding carboxylic acids is 2. The van der Waals surface area contributed by atoms with Crippen LogP contribution in [0.1, 0.15) is 71.0 Å². The predicted molar refractivity (Wildman–Crippen MR) is 144 cm³/mol. The molecule has 6 nitrogen and oxygen atoms in total. The molecule has 8 heteroatoms. The Morgan fingerprint density at radius 2 is 1.80 bits per heavy atom. The van der Waals surface area contributed by atoms with Gasteiger partial charge in [-0.25, -0.2) is 14.6 Å². The Labute approximate surface area is 215 Å². The van der Waals surface area contributed by atoms with Gasteiger partial charge in [0.1, 0.15) is 12.2 Å². The summed E-state index contributed by atoms with van der Waals surface area (Å²) < 4.78 is 17.7. The summed E-state index contributed by atoms with van der Waals surface area (Å²) in [5.74, 6) is -0.608. The van der Waals surface area contributed by atoms with Crippen LogP contribution in [0.5, 0.6) is 0 Å². The Kier molecular flexibility index (Phi) is 10.7. The van der Waals surface area contributed by atoms with Crippen LogP contribution >= 0.6 is 11.3 Å². The number of fused-ring (bicyclic) bond motifs is 2. The van der Waals surface area contributed by atoms with Crippen molar-refractivity contribution < 1.29 is 23.5 Å². The third-order valence-corrected chi connectivity index (χ3v) is 11.9. The Morgan fingerprint density at radius 3 is 2.49 bits per heavy atom. The van der Waals surface area contributed by atoms with Crippen molar-refractivity contribution in [3.8, 4) is 0 Å². The van der Waals surface area contributed by atoms with E-state index in [9.17, 15) is 9.59 Å². The van der Waals surface area contributed by atoms with Crippen LogP contribution in [-0.2, 0) is 29.9 Å². The molecule has 0 radical (unpaired) electrons. The summed E-state index contributed by atoms with van der Waals surface area (Å²) in [7, 11) is -2.00. The van der Waals surface area contributed by atoms with E-state index in [4.69, 9.17) is 18.9 Å². The molecular formula is C27H41NO5SSi. The molecule has 3 atom stereocenters. The van der Waals surface area contributed by atoms with E-state index in [-0.39, 0.29) is 23.0 Å². The zero-order valence-corrected chi connectivity index (χ0v) is 24.2. The van der Waals surface area contributed by atoms with Crippen molar-refractivity contribution in [3.05, 3.63) is 52.0 Å². The van der Waals surface area contributed by atoms with E-state index in [0.717, 1.165) is 16.3 Å². The molecule has 1 aliphatic rings. The molecule has 1 aliphatic heterocycles. The van der Waals surface area contributed by atoms with Gasteiger partial charge < -0.3 is 13.9 Å². The Bertz CT molecular complexity index is 957. The Balaban J connectivity index is 2.26. The van der Waals surface area contributed by atoms with Gasteiger partial charge in [-0.05, 0) is 38.4 Å². The lowest BCUT2D eigenvalue weighted by Crippen LogP contribution is -2.43. The van der Waals surface area contributed by atoms with Crippen LogP contribution in [0.25, 0.3) is 0 Å². The van der Waals surface area contributed by atoms with E-state index in [2.05, 4.69) is 40.8 Å². The average molecular weight is 520 g/mol. The molecule has 194 valence electrons. The van der Waals surface area contributed by atoms with E-state index in [0.29, 0.717) is 25.9 Å². The van der Waals surface area contributed by atoms with Crippen molar-refractivity contribution in [3.63, 3.8) is 0 Å². The third kappa shape index (κ3) is 9.86. The molecule has 0 N–H and O–H groups in total. The average Bonchev–Trinajstić information content (AvgIpc) is 3.19. The number of rotatable bonds is 3. The lowest BCUT2D eigenvalue weighted by molar-refractivity contribution is -0.144. The van der Waals surface area contributed by atoms with Crippen LogP contribution in [-0.4, -0.2) is 44.1 Å². The molecule has 2 rings (SSSR count). The maximum atomic E-state index is 12.6. The molecule has 2 heterocycles. The van der Waals surface area contributed by atoms with Gasteiger partial charge in [-0.1, -0.05) is 51.5 Å². The summed E-state index contributed by atoms with van der Waals surface area (Å²) in [4.78, 5) is 29.5. The molecule has 1 unspecified atom stereocenters. The predicted octanol–water partition coefficient (Wildman–Crippen LogP) is 6.51. The quantitative estimate of drug-likeness (QED) is 0.335. The van der Waals surface area contributed by atoms with Gasteiger partial charge in [-0.15, -0.1) is 11.3 Å². The number of esters is 2. The molecular weight excluding hydrogens is 478 g/mol. The van der Waals surface area contributed by atoms with Gasteiger partial charge in [0.25, 0.3) is 0 Å². The van der Waals surface area contributed by atoms with Crippen molar-refractivity contribution in [2.75, 3.05) is 6.61 Å². The summed E-state index contributed by atoms with van der Waals surface area (Å²) in [5.41, 5.74) is 1.96. The van der Waals surface area contributed by atoms with Crippen molar-refractivity contribution in [1.29, 1.82) is 0 Å². The van der Waals surface area contributed by atoms with Gasteiger partial charge in [0.15, 0.2) is 8.32 Å². The number of cyclic esters (lactones) is 2. The molecule has 0 amide bonds. The molecule has 0 saturated carbocycles. The van der Waals surface area contributed by atoms with Gasteiger partial charge in [-0.3, -0.25) is 0 Å². The number of hydrogen-bond donors (Lipinski definition) is 0. The van der Waals surface area contributed by atoms with Gasteiger partial charge in [0.2, 0.25) is 0 Å². The SMILES string of the molecule is C/C1=C\C=C/C(=O)OC(CO[Si](C)(C)C(C)(C)C)Cc2nc(cs2)[C@@H](C)C/C=C/C(=O)O[C@@H](C)C1. The van der Waals surface area contributed by atoms with Gasteiger partial charge in [0.05, 0.1) is 17.3 Å². The maximum Gasteiger partial charge on any atom is 0.331 e. The fraction of sp³-hybridized carbons (Fsp3) is 0.593.